The standard InChI is InChI=1S/C18H17Cl2NO3.C6H15NO3/c1-21(18(24)14-10-9-13(19)11-15(14)20)16-7-3-2-5-12(16)6-4-8-17(22)23;8-4-1-7(2-5-9)3-6-10/h2-3,5,7,9-11H,4,6,8H2,1H3,(H,22,23);8-10H,1-6H2. The zero-order valence-corrected chi connectivity index (χ0v) is 20.7. The number of carbonyl (C=O) groups excluding carboxylic acids is 1. The number of aryl methyl sites for hydroxylation is 1. The molecule has 0 aromatic heterocycles. The second kappa shape index (κ2) is 16.4. The second-order valence-corrected chi connectivity index (χ2v) is 8.22. The van der Waals surface area contributed by atoms with Crippen LogP contribution in [0.25, 0.3) is 0 Å². The number of amides is 1. The van der Waals surface area contributed by atoms with Crippen molar-refractivity contribution in [2.45, 2.75) is 19.3 Å². The van der Waals surface area contributed by atoms with Gasteiger partial charge in [-0.2, -0.15) is 0 Å². The molecule has 0 aliphatic rings. The number of rotatable bonds is 12. The molecular weight excluding hydrogens is 483 g/mol. The molecule has 2 rings (SSSR count). The van der Waals surface area contributed by atoms with E-state index in [9.17, 15) is 9.59 Å². The summed E-state index contributed by atoms with van der Waals surface area (Å²) in [6.07, 6.45) is 1.18. The lowest BCUT2D eigenvalue weighted by molar-refractivity contribution is -0.137. The molecule has 188 valence electrons. The number of hydrogen-bond acceptors (Lipinski definition) is 6. The Hall–Kier alpha value is -2.20. The van der Waals surface area contributed by atoms with Crippen LogP contribution in [-0.2, 0) is 11.2 Å². The number of carboxylic acids is 1. The molecule has 0 aliphatic heterocycles. The minimum atomic E-state index is -0.829. The van der Waals surface area contributed by atoms with Gasteiger partial charge in [0, 0.05) is 43.8 Å². The van der Waals surface area contributed by atoms with Gasteiger partial charge in [0.1, 0.15) is 0 Å². The van der Waals surface area contributed by atoms with E-state index in [4.69, 9.17) is 43.6 Å². The van der Waals surface area contributed by atoms with Gasteiger partial charge in [0.05, 0.1) is 30.4 Å². The fourth-order valence-corrected chi connectivity index (χ4v) is 3.68. The molecule has 34 heavy (non-hydrogen) atoms. The van der Waals surface area contributed by atoms with Crippen LogP contribution in [0.5, 0.6) is 0 Å². The van der Waals surface area contributed by atoms with E-state index in [1.165, 1.54) is 11.0 Å². The van der Waals surface area contributed by atoms with Gasteiger partial charge in [0.15, 0.2) is 0 Å². The first-order valence-corrected chi connectivity index (χ1v) is 11.6. The van der Waals surface area contributed by atoms with E-state index in [-0.39, 0.29) is 32.1 Å². The van der Waals surface area contributed by atoms with Crippen molar-refractivity contribution in [3.05, 3.63) is 63.6 Å². The summed E-state index contributed by atoms with van der Waals surface area (Å²) >= 11 is 12.0. The number of carboxylic acid groups (broad SMARTS) is 1. The Balaban J connectivity index is 0.000000489. The number of nitrogens with zero attached hydrogens (tertiary/aromatic N) is 2. The second-order valence-electron chi connectivity index (χ2n) is 7.38. The zero-order chi connectivity index (χ0) is 25.5. The summed E-state index contributed by atoms with van der Waals surface area (Å²) in [4.78, 5) is 26.7. The summed E-state index contributed by atoms with van der Waals surface area (Å²) in [7, 11) is 1.67. The highest BCUT2D eigenvalue weighted by Crippen LogP contribution is 2.26. The zero-order valence-electron chi connectivity index (χ0n) is 19.2. The smallest absolute Gasteiger partial charge is 0.303 e. The maximum Gasteiger partial charge on any atom is 0.303 e. The average Bonchev–Trinajstić information content (AvgIpc) is 2.79. The average molecular weight is 515 g/mol. The predicted molar refractivity (Wildman–Crippen MR) is 134 cm³/mol. The van der Waals surface area contributed by atoms with Crippen molar-refractivity contribution in [3.8, 4) is 0 Å². The summed E-state index contributed by atoms with van der Waals surface area (Å²) in [6.45, 7) is 1.75. The molecule has 0 bridgehead atoms. The summed E-state index contributed by atoms with van der Waals surface area (Å²) in [5.41, 5.74) is 2.02. The Labute approximate surface area is 209 Å². The van der Waals surface area contributed by atoms with Gasteiger partial charge in [-0.1, -0.05) is 41.4 Å². The van der Waals surface area contributed by atoms with Crippen LogP contribution in [0.2, 0.25) is 10.0 Å². The molecule has 0 fully saturated rings. The van der Waals surface area contributed by atoms with Gasteiger partial charge in [-0.25, -0.2) is 0 Å². The van der Waals surface area contributed by atoms with Crippen molar-refractivity contribution in [2.24, 2.45) is 0 Å². The number of aliphatic carboxylic acids is 1. The SMILES string of the molecule is CN(C(=O)c1ccc(Cl)cc1Cl)c1ccccc1CCCC(=O)O.OCCN(CCO)CCO. The lowest BCUT2D eigenvalue weighted by atomic mass is 10.0. The van der Waals surface area contributed by atoms with Gasteiger partial charge in [-0.05, 0) is 42.7 Å². The molecule has 10 heteroatoms. The predicted octanol–water partition coefficient (Wildman–Crippen LogP) is 2.94. The molecule has 0 spiro atoms. The Bertz CT molecular complexity index is 899. The summed E-state index contributed by atoms with van der Waals surface area (Å²) in [5, 5.41) is 35.0. The molecule has 1 amide bonds. The van der Waals surface area contributed by atoms with Gasteiger partial charge in [-0.3, -0.25) is 14.5 Å². The van der Waals surface area contributed by atoms with E-state index < -0.39 is 5.97 Å². The third-order valence-corrected chi connectivity index (χ3v) is 5.45. The highest BCUT2D eigenvalue weighted by molar-refractivity contribution is 6.37. The van der Waals surface area contributed by atoms with E-state index in [2.05, 4.69) is 0 Å². The van der Waals surface area contributed by atoms with Gasteiger partial charge >= 0.3 is 5.97 Å². The van der Waals surface area contributed by atoms with Gasteiger partial charge in [-0.15, -0.1) is 0 Å². The highest BCUT2D eigenvalue weighted by Gasteiger charge is 2.19. The van der Waals surface area contributed by atoms with E-state index in [1.807, 2.05) is 24.3 Å². The maximum atomic E-state index is 12.7. The van der Waals surface area contributed by atoms with Gasteiger partial charge in [0.25, 0.3) is 5.91 Å². The Morgan fingerprint density at radius 2 is 1.50 bits per heavy atom. The van der Waals surface area contributed by atoms with Crippen LogP contribution in [0, 0.1) is 0 Å². The van der Waals surface area contributed by atoms with Crippen LogP contribution in [-0.4, -0.2) is 83.7 Å². The van der Waals surface area contributed by atoms with Crippen molar-refractivity contribution >= 4 is 40.8 Å². The topological polar surface area (TPSA) is 122 Å². The quantitative estimate of drug-likeness (QED) is 0.343. The fourth-order valence-electron chi connectivity index (χ4n) is 3.19. The van der Waals surface area contributed by atoms with Crippen LogP contribution in [0.3, 0.4) is 0 Å². The Morgan fingerprint density at radius 1 is 0.912 bits per heavy atom. The van der Waals surface area contributed by atoms with Gasteiger partial charge < -0.3 is 25.3 Å². The minimum Gasteiger partial charge on any atom is -0.481 e. The summed E-state index contributed by atoms with van der Waals surface area (Å²) in [5.74, 6) is -1.08. The number of halogens is 2. The monoisotopic (exact) mass is 514 g/mol. The van der Waals surface area contributed by atoms with Crippen molar-refractivity contribution in [1.29, 1.82) is 0 Å². The highest BCUT2D eigenvalue weighted by atomic mass is 35.5. The van der Waals surface area contributed by atoms with Crippen LogP contribution in [0.4, 0.5) is 5.69 Å². The number of aliphatic hydroxyl groups is 3. The number of benzene rings is 2. The third-order valence-electron chi connectivity index (χ3n) is 4.90. The van der Waals surface area contributed by atoms with Crippen molar-refractivity contribution in [2.75, 3.05) is 51.4 Å². The van der Waals surface area contributed by atoms with Crippen molar-refractivity contribution in [1.82, 2.24) is 4.90 Å². The fraction of sp³-hybridized carbons (Fsp3) is 0.417. The third kappa shape index (κ3) is 10.4. The minimum absolute atomic E-state index is 0.0694. The normalized spacial score (nSPS) is 10.6. The van der Waals surface area contributed by atoms with Crippen molar-refractivity contribution < 1.29 is 30.0 Å². The largest absolute Gasteiger partial charge is 0.481 e. The van der Waals surface area contributed by atoms with Crippen LogP contribution >= 0.6 is 23.2 Å². The van der Waals surface area contributed by atoms with Crippen molar-refractivity contribution in [3.63, 3.8) is 0 Å². The summed E-state index contributed by atoms with van der Waals surface area (Å²) < 4.78 is 0. The lowest BCUT2D eigenvalue weighted by Gasteiger charge is -2.21. The molecule has 0 saturated heterocycles. The Kier molecular flexibility index (Phi) is 14.4. The van der Waals surface area contributed by atoms with Crippen LogP contribution in [0.1, 0.15) is 28.8 Å². The number of para-hydroxylation sites is 1. The molecule has 4 N–H and O–H groups in total. The first-order valence-electron chi connectivity index (χ1n) is 10.8. The molecule has 0 aliphatic carbocycles. The molecule has 0 radical (unpaired) electrons. The van der Waals surface area contributed by atoms with E-state index in [0.29, 0.717) is 48.1 Å². The number of carbonyl (C=O) groups is 2. The molecule has 0 saturated carbocycles. The van der Waals surface area contributed by atoms with Crippen LogP contribution in [0.15, 0.2) is 42.5 Å². The molecule has 8 nitrogen and oxygen atoms in total. The molecule has 2 aromatic rings. The van der Waals surface area contributed by atoms with Crippen LogP contribution < -0.4 is 4.90 Å². The Morgan fingerprint density at radius 3 is 2.03 bits per heavy atom. The van der Waals surface area contributed by atoms with E-state index in [0.717, 1.165) is 11.3 Å². The lowest BCUT2D eigenvalue weighted by Crippen LogP contribution is -2.32. The molecule has 0 atom stereocenters. The van der Waals surface area contributed by atoms with E-state index >= 15 is 0 Å². The molecule has 0 unspecified atom stereocenters. The first kappa shape index (κ1) is 29.8. The number of aliphatic hydroxyl groups excluding tert-OH is 3. The molecule has 0 heterocycles. The molecular formula is C24H32Cl2N2O6. The molecule has 2 aromatic carbocycles. The first-order chi connectivity index (χ1) is 16.2. The number of hydrogen-bond donors (Lipinski definition) is 4. The summed E-state index contributed by atoms with van der Waals surface area (Å²) in [6, 6.07) is 12.2. The maximum absolute atomic E-state index is 12.7. The number of anilines is 1. The van der Waals surface area contributed by atoms with Gasteiger partial charge in [0.2, 0.25) is 0 Å². The van der Waals surface area contributed by atoms with E-state index in [1.54, 1.807) is 24.1 Å².